The van der Waals surface area contributed by atoms with Crippen molar-refractivity contribution in [2.45, 2.75) is 33.3 Å². The van der Waals surface area contributed by atoms with Crippen LogP contribution in [0.15, 0.2) is 30.3 Å². The molecule has 86 valence electrons. The zero-order chi connectivity index (χ0) is 11.8. The van der Waals surface area contributed by atoms with Gasteiger partial charge in [0.2, 0.25) is 0 Å². The fourth-order valence-electron chi connectivity index (χ4n) is 2.18. The number of hydrogen-bond acceptors (Lipinski definition) is 2. The average Bonchev–Trinajstić information content (AvgIpc) is 2.22. The van der Waals surface area contributed by atoms with E-state index in [9.17, 15) is 4.79 Å². The summed E-state index contributed by atoms with van der Waals surface area (Å²) in [6, 6.07) is 10.1. The molecule has 0 saturated carbocycles. The van der Waals surface area contributed by atoms with Crippen molar-refractivity contribution in [2.24, 2.45) is 11.3 Å². The molecule has 0 unspecified atom stereocenters. The van der Waals surface area contributed by atoms with Gasteiger partial charge in [0.1, 0.15) is 6.10 Å². The van der Waals surface area contributed by atoms with Gasteiger partial charge in [-0.25, -0.2) is 0 Å². The molecule has 2 heteroatoms. The van der Waals surface area contributed by atoms with Crippen molar-refractivity contribution in [3.05, 3.63) is 35.9 Å². The Kier molecular flexibility index (Phi) is 2.75. The molecule has 0 aromatic heterocycles. The molecule has 2 nitrogen and oxygen atoms in total. The van der Waals surface area contributed by atoms with Gasteiger partial charge in [0.05, 0.1) is 5.92 Å². The predicted octanol–water partition coefficient (Wildman–Crippen LogP) is 2.82. The van der Waals surface area contributed by atoms with Gasteiger partial charge in [-0.15, -0.1) is 0 Å². The maximum Gasteiger partial charge on any atom is 0.313 e. The number of benzene rings is 1. The first kappa shape index (κ1) is 11.2. The lowest BCUT2D eigenvalue weighted by atomic mass is 9.75. The number of ether oxygens (including phenoxy) is 1. The predicted molar refractivity (Wildman–Crippen MR) is 63.0 cm³/mol. The Morgan fingerprint density at radius 1 is 1.19 bits per heavy atom. The van der Waals surface area contributed by atoms with E-state index < -0.39 is 0 Å². The molecular weight excluding hydrogens is 200 g/mol. The topological polar surface area (TPSA) is 26.3 Å². The van der Waals surface area contributed by atoms with Gasteiger partial charge in [-0.1, -0.05) is 51.1 Å². The molecule has 0 amide bonds. The van der Waals surface area contributed by atoms with Crippen molar-refractivity contribution in [3.8, 4) is 0 Å². The van der Waals surface area contributed by atoms with Gasteiger partial charge in [0, 0.05) is 0 Å². The molecule has 1 aromatic carbocycles. The minimum absolute atomic E-state index is 0.0300. The van der Waals surface area contributed by atoms with E-state index in [1.165, 1.54) is 5.56 Å². The van der Waals surface area contributed by atoms with E-state index in [2.05, 4.69) is 32.9 Å². The zero-order valence-electron chi connectivity index (χ0n) is 10.1. The van der Waals surface area contributed by atoms with Crippen LogP contribution in [0.3, 0.4) is 0 Å². The Balaban J connectivity index is 2.07. The smallest absolute Gasteiger partial charge is 0.313 e. The summed E-state index contributed by atoms with van der Waals surface area (Å²) in [6.07, 6.45) is 0.849. The van der Waals surface area contributed by atoms with Crippen LogP contribution in [0.5, 0.6) is 0 Å². The molecule has 16 heavy (non-hydrogen) atoms. The quantitative estimate of drug-likeness (QED) is 0.713. The SMILES string of the molecule is CC(C)(C)[C@@H]1OC(=O)[C@H]1Cc1ccccc1. The lowest BCUT2D eigenvalue weighted by Crippen LogP contribution is -2.53. The minimum Gasteiger partial charge on any atom is -0.461 e. The van der Waals surface area contributed by atoms with Crippen LogP contribution in [-0.4, -0.2) is 12.1 Å². The largest absolute Gasteiger partial charge is 0.461 e. The first-order chi connectivity index (χ1) is 7.48. The Labute approximate surface area is 96.6 Å². The van der Waals surface area contributed by atoms with Gasteiger partial charge in [-0.3, -0.25) is 4.79 Å². The number of cyclic esters (lactones) is 1. The van der Waals surface area contributed by atoms with Crippen molar-refractivity contribution in [2.75, 3.05) is 0 Å². The fourth-order valence-corrected chi connectivity index (χ4v) is 2.18. The first-order valence-electron chi connectivity index (χ1n) is 5.73. The highest BCUT2D eigenvalue weighted by molar-refractivity contribution is 5.79. The maximum atomic E-state index is 11.5. The van der Waals surface area contributed by atoms with Crippen molar-refractivity contribution in [1.82, 2.24) is 0 Å². The van der Waals surface area contributed by atoms with Crippen LogP contribution < -0.4 is 0 Å². The molecule has 0 bridgehead atoms. The van der Waals surface area contributed by atoms with Crippen molar-refractivity contribution < 1.29 is 9.53 Å². The molecule has 1 aromatic rings. The van der Waals surface area contributed by atoms with Crippen molar-refractivity contribution in [1.29, 1.82) is 0 Å². The van der Waals surface area contributed by atoms with Gasteiger partial charge in [-0.2, -0.15) is 0 Å². The van der Waals surface area contributed by atoms with E-state index in [-0.39, 0.29) is 23.4 Å². The van der Waals surface area contributed by atoms with Gasteiger partial charge in [-0.05, 0) is 17.4 Å². The fraction of sp³-hybridized carbons (Fsp3) is 0.500. The Morgan fingerprint density at radius 3 is 2.31 bits per heavy atom. The van der Waals surface area contributed by atoms with E-state index >= 15 is 0 Å². The average molecular weight is 218 g/mol. The number of hydrogen-bond donors (Lipinski definition) is 0. The molecule has 1 fully saturated rings. The normalized spacial score (nSPS) is 24.8. The van der Waals surface area contributed by atoms with Gasteiger partial charge < -0.3 is 4.74 Å². The Morgan fingerprint density at radius 2 is 1.81 bits per heavy atom. The molecule has 0 N–H and O–H groups in total. The summed E-state index contributed by atoms with van der Waals surface area (Å²) >= 11 is 0. The van der Waals surface area contributed by atoms with Crippen LogP contribution in [0.4, 0.5) is 0 Å². The van der Waals surface area contributed by atoms with Crippen LogP contribution in [0.1, 0.15) is 26.3 Å². The minimum atomic E-state index is -0.0521. The molecular formula is C14H18O2. The lowest BCUT2D eigenvalue weighted by Gasteiger charge is -2.43. The summed E-state index contributed by atoms with van der Waals surface area (Å²) in [5, 5.41) is 0. The first-order valence-corrected chi connectivity index (χ1v) is 5.73. The third kappa shape index (κ3) is 2.11. The molecule has 1 aliphatic rings. The van der Waals surface area contributed by atoms with Gasteiger partial charge in [0.25, 0.3) is 0 Å². The van der Waals surface area contributed by atoms with E-state index in [1.807, 2.05) is 18.2 Å². The van der Waals surface area contributed by atoms with Crippen LogP contribution in [0.2, 0.25) is 0 Å². The number of carbonyl (C=O) groups excluding carboxylic acids is 1. The highest BCUT2D eigenvalue weighted by atomic mass is 16.6. The van der Waals surface area contributed by atoms with Crippen LogP contribution >= 0.6 is 0 Å². The summed E-state index contributed by atoms with van der Waals surface area (Å²) in [6.45, 7) is 6.34. The van der Waals surface area contributed by atoms with Crippen molar-refractivity contribution >= 4 is 5.97 Å². The monoisotopic (exact) mass is 218 g/mol. The third-order valence-corrected chi connectivity index (χ3v) is 3.06. The molecule has 1 aliphatic heterocycles. The standard InChI is InChI=1S/C14H18O2/c1-14(2,3)12-11(13(15)16-12)9-10-7-5-4-6-8-10/h4-8,11-12H,9H2,1-3H3/t11-,12+/m0/s1. The second kappa shape index (κ2) is 3.93. The molecule has 0 radical (unpaired) electrons. The third-order valence-electron chi connectivity index (χ3n) is 3.06. The summed E-state index contributed by atoms with van der Waals surface area (Å²) < 4.78 is 5.25. The van der Waals surface area contributed by atoms with Gasteiger partial charge in [0.15, 0.2) is 0 Å². The lowest BCUT2D eigenvalue weighted by molar-refractivity contribution is -0.198. The molecule has 2 rings (SSSR count). The van der Waals surface area contributed by atoms with E-state index in [0.717, 1.165) is 6.42 Å². The highest BCUT2D eigenvalue weighted by Gasteiger charge is 2.48. The second-order valence-electron chi connectivity index (χ2n) is 5.52. The number of esters is 1. The molecule has 0 spiro atoms. The summed E-state index contributed by atoms with van der Waals surface area (Å²) in [4.78, 5) is 11.5. The maximum absolute atomic E-state index is 11.5. The number of rotatable bonds is 2. The number of carbonyl (C=O) groups is 1. The summed E-state index contributed by atoms with van der Waals surface area (Å²) in [5.74, 6) is -0.0221. The Bertz CT molecular complexity index is 375. The summed E-state index contributed by atoms with van der Waals surface area (Å²) in [7, 11) is 0. The van der Waals surface area contributed by atoms with E-state index in [4.69, 9.17) is 4.74 Å². The highest BCUT2D eigenvalue weighted by Crippen LogP contribution is 2.38. The van der Waals surface area contributed by atoms with Crippen molar-refractivity contribution in [3.63, 3.8) is 0 Å². The van der Waals surface area contributed by atoms with E-state index in [0.29, 0.717) is 0 Å². The second-order valence-corrected chi connectivity index (χ2v) is 5.52. The summed E-state index contributed by atoms with van der Waals surface area (Å²) in [5.41, 5.74) is 1.24. The Hall–Kier alpha value is -1.31. The van der Waals surface area contributed by atoms with Crippen LogP contribution in [0.25, 0.3) is 0 Å². The molecule has 0 aliphatic carbocycles. The van der Waals surface area contributed by atoms with Crippen LogP contribution in [0, 0.1) is 11.3 Å². The molecule has 1 saturated heterocycles. The molecule has 2 atom stereocenters. The van der Waals surface area contributed by atoms with Crippen LogP contribution in [-0.2, 0) is 16.0 Å². The van der Waals surface area contributed by atoms with E-state index in [1.54, 1.807) is 0 Å². The zero-order valence-corrected chi connectivity index (χ0v) is 10.1. The van der Waals surface area contributed by atoms with Gasteiger partial charge >= 0.3 is 5.97 Å². The molecule has 1 heterocycles.